The van der Waals surface area contributed by atoms with Crippen LogP contribution in [-0.4, -0.2) is 8.42 Å². The molecule has 3 aromatic carbocycles. The smallest absolute Gasteiger partial charge is 0.370 e. The molecule has 0 radical (unpaired) electrons. The molecule has 0 bridgehead atoms. The molecule has 4 nitrogen and oxygen atoms in total. The van der Waals surface area contributed by atoms with Gasteiger partial charge in [0.25, 0.3) is 0 Å². The van der Waals surface area contributed by atoms with Crippen molar-refractivity contribution in [1.82, 2.24) is 4.72 Å². The van der Waals surface area contributed by atoms with E-state index in [-0.39, 0.29) is 11.9 Å². The van der Waals surface area contributed by atoms with Gasteiger partial charge in [-0.25, -0.2) is 4.39 Å². The molecule has 1 N–H and O–H groups in total. The summed E-state index contributed by atoms with van der Waals surface area (Å²) in [5.74, 6) is 0.0565. The summed E-state index contributed by atoms with van der Waals surface area (Å²) >= 11 is 0. The van der Waals surface area contributed by atoms with Gasteiger partial charge < -0.3 is 4.18 Å². The lowest BCUT2D eigenvalue weighted by Gasteiger charge is -2.25. The Labute approximate surface area is 151 Å². The fourth-order valence-corrected chi connectivity index (χ4v) is 4.15. The van der Waals surface area contributed by atoms with E-state index >= 15 is 0 Å². The predicted molar refractivity (Wildman–Crippen MR) is 98.4 cm³/mol. The molecule has 132 valence electrons. The number of hydrogen-bond acceptors (Lipinski definition) is 3. The molecule has 0 spiro atoms. The second-order valence-electron chi connectivity index (χ2n) is 6.19. The Balaban J connectivity index is 1.77. The fourth-order valence-electron chi connectivity index (χ4n) is 3.14. The summed E-state index contributed by atoms with van der Waals surface area (Å²) in [4.78, 5) is 0. The van der Waals surface area contributed by atoms with Crippen molar-refractivity contribution in [2.45, 2.75) is 13.0 Å². The summed E-state index contributed by atoms with van der Waals surface area (Å²) < 4.78 is 44.9. The Morgan fingerprint density at radius 3 is 2.35 bits per heavy atom. The number of rotatable bonds is 2. The maximum absolute atomic E-state index is 13.4. The van der Waals surface area contributed by atoms with Crippen molar-refractivity contribution in [3.8, 4) is 28.0 Å². The van der Waals surface area contributed by atoms with E-state index in [1.165, 1.54) is 12.1 Å². The molecule has 26 heavy (non-hydrogen) atoms. The summed E-state index contributed by atoms with van der Waals surface area (Å²) in [6.45, 7) is 1.77. The second-order valence-corrected chi connectivity index (χ2v) is 7.50. The van der Waals surface area contributed by atoms with E-state index in [2.05, 4.69) is 4.72 Å². The first-order valence-corrected chi connectivity index (χ1v) is 9.55. The molecule has 0 amide bonds. The van der Waals surface area contributed by atoms with E-state index < -0.39 is 10.3 Å². The van der Waals surface area contributed by atoms with Crippen LogP contribution in [0, 0.1) is 5.82 Å². The molecule has 1 aliphatic rings. The van der Waals surface area contributed by atoms with E-state index in [9.17, 15) is 12.8 Å². The Morgan fingerprint density at radius 2 is 1.62 bits per heavy atom. The van der Waals surface area contributed by atoms with Crippen LogP contribution in [0.25, 0.3) is 22.3 Å². The van der Waals surface area contributed by atoms with Crippen LogP contribution < -0.4 is 8.91 Å². The third-order valence-corrected chi connectivity index (χ3v) is 5.41. The SMILES string of the molecule is CC1NS(=O)(=O)Oc2c(-c3ccc(-c4cccc(F)c4)cc3)cccc21. The van der Waals surface area contributed by atoms with Gasteiger partial charge in [-0.2, -0.15) is 13.1 Å². The summed E-state index contributed by atoms with van der Waals surface area (Å²) in [6.07, 6.45) is 0. The highest BCUT2D eigenvalue weighted by molar-refractivity contribution is 7.85. The normalized spacial score (nSPS) is 18.0. The number of hydrogen-bond donors (Lipinski definition) is 1. The van der Waals surface area contributed by atoms with Crippen molar-refractivity contribution in [3.05, 3.63) is 78.1 Å². The molecule has 3 aromatic rings. The van der Waals surface area contributed by atoms with Gasteiger partial charge in [0.1, 0.15) is 5.82 Å². The Hall–Kier alpha value is -2.70. The summed E-state index contributed by atoms with van der Waals surface area (Å²) in [5, 5.41) is 0. The van der Waals surface area contributed by atoms with Crippen molar-refractivity contribution in [1.29, 1.82) is 0 Å². The first-order valence-electron chi connectivity index (χ1n) is 8.14. The van der Waals surface area contributed by atoms with Crippen LogP contribution in [0.15, 0.2) is 66.7 Å². The molecule has 1 unspecified atom stereocenters. The van der Waals surface area contributed by atoms with Gasteiger partial charge in [0.15, 0.2) is 5.75 Å². The standard InChI is InChI=1S/C20H16FNO3S/c1-13-18-6-3-7-19(20(18)25-26(23,24)22-13)15-10-8-14(9-11-15)16-4-2-5-17(21)12-16/h2-13,22H,1H3. The molecule has 6 heteroatoms. The zero-order valence-corrected chi connectivity index (χ0v) is 14.8. The van der Waals surface area contributed by atoms with Gasteiger partial charge in [-0.05, 0) is 35.7 Å². The van der Waals surface area contributed by atoms with E-state index in [0.29, 0.717) is 11.3 Å². The maximum atomic E-state index is 13.4. The average Bonchev–Trinajstić information content (AvgIpc) is 2.61. The Bertz CT molecular complexity index is 1080. The number of para-hydroxylation sites is 1. The molecule has 0 fully saturated rings. The third-order valence-electron chi connectivity index (χ3n) is 4.38. The van der Waals surface area contributed by atoms with Gasteiger partial charge >= 0.3 is 10.3 Å². The van der Waals surface area contributed by atoms with Gasteiger partial charge in [-0.3, -0.25) is 0 Å². The average molecular weight is 369 g/mol. The lowest BCUT2D eigenvalue weighted by molar-refractivity contribution is 0.437. The van der Waals surface area contributed by atoms with Gasteiger partial charge in [0.2, 0.25) is 0 Å². The zero-order valence-electron chi connectivity index (χ0n) is 13.9. The van der Waals surface area contributed by atoms with Crippen molar-refractivity contribution in [2.24, 2.45) is 0 Å². The second kappa shape index (κ2) is 6.23. The summed E-state index contributed by atoms with van der Waals surface area (Å²) in [5.41, 5.74) is 3.97. The molecule has 0 aromatic heterocycles. The lowest BCUT2D eigenvalue weighted by Crippen LogP contribution is -2.35. The largest absolute Gasteiger partial charge is 0.383 e. The Morgan fingerprint density at radius 1 is 0.923 bits per heavy atom. The highest BCUT2D eigenvalue weighted by Crippen LogP contribution is 2.40. The van der Waals surface area contributed by atoms with Crippen LogP contribution in [0.4, 0.5) is 4.39 Å². The maximum Gasteiger partial charge on any atom is 0.383 e. The Kier molecular flexibility index (Phi) is 4.01. The first kappa shape index (κ1) is 16.8. The molecular formula is C20H16FNO3S. The lowest BCUT2D eigenvalue weighted by atomic mass is 9.96. The van der Waals surface area contributed by atoms with E-state index in [1.54, 1.807) is 13.0 Å². The zero-order chi connectivity index (χ0) is 18.3. The first-order chi connectivity index (χ1) is 12.4. The van der Waals surface area contributed by atoms with E-state index in [0.717, 1.165) is 22.3 Å². The number of fused-ring (bicyclic) bond motifs is 1. The minimum absolute atomic E-state index is 0.288. The molecule has 0 saturated heterocycles. The minimum atomic E-state index is -3.82. The molecule has 1 aliphatic heterocycles. The monoisotopic (exact) mass is 369 g/mol. The van der Waals surface area contributed by atoms with E-state index in [1.807, 2.05) is 48.5 Å². The van der Waals surface area contributed by atoms with Crippen LogP contribution in [-0.2, 0) is 10.3 Å². The number of benzene rings is 3. The minimum Gasteiger partial charge on any atom is -0.370 e. The fraction of sp³-hybridized carbons (Fsp3) is 0.100. The molecule has 0 aliphatic carbocycles. The van der Waals surface area contributed by atoms with Crippen LogP contribution in [0.5, 0.6) is 5.75 Å². The van der Waals surface area contributed by atoms with Crippen LogP contribution >= 0.6 is 0 Å². The summed E-state index contributed by atoms with van der Waals surface area (Å²) in [7, 11) is -3.82. The quantitative estimate of drug-likeness (QED) is 0.726. The van der Waals surface area contributed by atoms with Gasteiger partial charge in [0, 0.05) is 11.1 Å². The van der Waals surface area contributed by atoms with Crippen molar-refractivity contribution >= 4 is 10.3 Å². The van der Waals surface area contributed by atoms with E-state index in [4.69, 9.17) is 4.18 Å². The molecule has 0 saturated carbocycles. The van der Waals surface area contributed by atoms with Gasteiger partial charge in [-0.1, -0.05) is 54.6 Å². The van der Waals surface area contributed by atoms with Crippen LogP contribution in [0.1, 0.15) is 18.5 Å². The van der Waals surface area contributed by atoms with Crippen LogP contribution in [0.3, 0.4) is 0 Å². The van der Waals surface area contributed by atoms with Gasteiger partial charge in [-0.15, -0.1) is 0 Å². The summed E-state index contributed by atoms with van der Waals surface area (Å²) in [6, 6.07) is 19.1. The number of nitrogens with one attached hydrogen (secondary N) is 1. The van der Waals surface area contributed by atoms with Crippen molar-refractivity contribution < 1.29 is 17.0 Å². The predicted octanol–water partition coefficient (Wildman–Crippen LogP) is 4.45. The van der Waals surface area contributed by atoms with Crippen molar-refractivity contribution in [2.75, 3.05) is 0 Å². The topological polar surface area (TPSA) is 55.4 Å². The molecule has 1 heterocycles. The molecule has 4 rings (SSSR count). The van der Waals surface area contributed by atoms with Crippen molar-refractivity contribution in [3.63, 3.8) is 0 Å². The number of halogens is 1. The molecular weight excluding hydrogens is 353 g/mol. The highest BCUT2D eigenvalue weighted by Gasteiger charge is 2.29. The third kappa shape index (κ3) is 3.09. The van der Waals surface area contributed by atoms with Gasteiger partial charge in [0.05, 0.1) is 6.04 Å². The molecule has 1 atom stereocenters. The van der Waals surface area contributed by atoms with Crippen LogP contribution in [0.2, 0.25) is 0 Å². The highest BCUT2D eigenvalue weighted by atomic mass is 32.2.